The van der Waals surface area contributed by atoms with Crippen LogP contribution in [0.4, 0.5) is 10.6 Å². The van der Waals surface area contributed by atoms with Crippen molar-refractivity contribution in [3.63, 3.8) is 0 Å². The molecule has 7 heteroatoms. The molecule has 0 spiro atoms. The van der Waals surface area contributed by atoms with Gasteiger partial charge in [0.25, 0.3) is 0 Å². The molecule has 24 heavy (non-hydrogen) atoms. The van der Waals surface area contributed by atoms with Gasteiger partial charge in [-0.15, -0.1) is 0 Å². The van der Waals surface area contributed by atoms with Crippen LogP contribution < -0.4 is 5.73 Å². The van der Waals surface area contributed by atoms with Gasteiger partial charge in [-0.3, -0.25) is 0 Å². The predicted molar refractivity (Wildman–Crippen MR) is 98.8 cm³/mol. The lowest BCUT2D eigenvalue weighted by molar-refractivity contribution is 0.0190. The monoisotopic (exact) mass is 413 g/mol. The topological polar surface area (TPSA) is 68.5 Å². The van der Waals surface area contributed by atoms with Crippen LogP contribution in [0, 0.1) is 17.8 Å². The molecule has 1 aromatic rings. The van der Waals surface area contributed by atoms with Crippen molar-refractivity contribution in [2.45, 2.75) is 39.2 Å². The summed E-state index contributed by atoms with van der Waals surface area (Å²) in [5.74, 6) is 6.64. The van der Waals surface area contributed by atoms with E-state index in [4.69, 9.17) is 22.1 Å². The van der Waals surface area contributed by atoms with Gasteiger partial charge >= 0.3 is 6.09 Å². The number of amides is 1. The molecule has 1 amide bonds. The normalized spacial score (nSPS) is 17.9. The number of carbonyl (C=O) groups is 1. The Morgan fingerprint density at radius 1 is 1.54 bits per heavy atom. The Balaban J connectivity index is 2.10. The highest BCUT2D eigenvalue weighted by molar-refractivity contribution is 9.10. The van der Waals surface area contributed by atoms with Gasteiger partial charge in [-0.1, -0.05) is 23.4 Å². The molecule has 0 bridgehead atoms. The molecule has 0 aromatic carbocycles. The third-order valence-electron chi connectivity index (χ3n) is 3.48. The quantitative estimate of drug-likeness (QED) is 0.650. The number of hydrogen-bond donors (Lipinski definition) is 1. The van der Waals surface area contributed by atoms with Crippen LogP contribution in [0.1, 0.15) is 39.2 Å². The van der Waals surface area contributed by atoms with Gasteiger partial charge < -0.3 is 15.4 Å². The fourth-order valence-corrected chi connectivity index (χ4v) is 2.91. The molecule has 1 fully saturated rings. The van der Waals surface area contributed by atoms with Crippen LogP contribution in [0.2, 0.25) is 5.02 Å². The lowest BCUT2D eigenvalue weighted by Gasteiger charge is -2.32. The summed E-state index contributed by atoms with van der Waals surface area (Å²) in [6, 6.07) is 0. The molecule has 1 aliphatic heterocycles. The van der Waals surface area contributed by atoms with Crippen LogP contribution in [0.15, 0.2) is 10.7 Å². The number of pyridine rings is 1. The third kappa shape index (κ3) is 5.02. The summed E-state index contributed by atoms with van der Waals surface area (Å²) < 4.78 is 6.07. The summed E-state index contributed by atoms with van der Waals surface area (Å²) >= 11 is 9.42. The van der Waals surface area contributed by atoms with Crippen LogP contribution in [-0.2, 0) is 4.74 Å². The molecule has 0 radical (unpaired) electrons. The van der Waals surface area contributed by atoms with E-state index in [0.29, 0.717) is 34.0 Å². The molecule has 130 valence electrons. The van der Waals surface area contributed by atoms with Gasteiger partial charge in [0.1, 0.15) is 11.4 Å². The second kappa shape index (κ2) is 7.62. The fourth-order valence-electron chi connectivity index (χ4n) is 2.36. The van der Waals surface area contributed by atoms with Crippen molar-refractivity contribution in [1.82, 2.24) is 9.88 Å². The summed E-state index contributed by atoms with van der Waals surface area (Å²) in [7, 11) is 0. The number of likely N-dealkylation sites (tertiary alicyclic amines) is 1. The number of halogens is 2. The second-order valence-electron chi connectivity index (χ2n) is 6.72. The van der Waals surface area contributed by atoms with Crippen LogP contribution in [0.5, 0.6) is 0 Å². The number of nitrogens with two attached hydrogens (primary N) is 1. The Bertz CT molecular complexity index is 692. The molecule has 1 aromatic heterocycles. The van der Waals surface area contributed by atoms with Crippen LogP contribution in [0.25, 0.3) is 0 Å². The summed E-state index contributed by atoms with van der Waals surface area (Å²) in [6.45, 7) is 6.82. The number of nitrogen functional groups attached to an aromatic ring is 1. The van der Waals surface area contributed by atoms with Gasteiger partial charge in [0.2, 0.25) is 0 Å². The van der Waals surface area contributed by atoms with E-state index in [0.717, 1.165) is 12.8 Å². The Morgan fingerprint density at radius 2 is 2.25 bits per heavy atom. The molecular weight excluding hydrogens is 394 g/mol. The Kier molecular flexibility index (Phi) is 6.00. The SMILES string of the molecule is CC(C)(C)OC(=O)N1CCCC(C#Cc2c(N)ncc(Cl)c2Br)C1. The molecule has 1 aliphatic rings. The molecule has 2 N–H and O–H groups in total. The van der Waals surface area contributed by atoms with Crippen molar-refractivity contribution in [1.29, 1.82) is 0 Å². The van der Waals surface area contributed by atoms with Gasteiger partial charge in [0.05, 0.1) is 15.1 Å². The standard InChI is InChI=1S/C17H21BrClN3O2/c1-17(2,3)24-16(23)22-8-4-5-11(10-22)6-7-12-14(18)13(19)9-21-15(12)20/h9,11H,4-5,8,10H2,1-3H3,(H2,20,21). The van der Waals surface area contributed by atoms with Gasteiger partial charge in [-0.2, -0.15) is 0 Å². The van der Waals surface area contributed by atoms with Crippen molar-refractivity contribution in [3.05, 3.63) is 21.3 Å². The van der Waals surface area contributed by atoms with E-state index >= 15 is 0 Å². The molecule has 1 atom stereocenters. The number of carbonyl (C=O) groups excluding carboxylic acids is 1. The number of nitrogens with zero attached hydrogens (tertiary/aromatic N) is 2. The maximum atomic E-state index is 12.2. The van der Waals surface area contributed by atoms with Crippen molar-refractivity contribution in [2.24, 2.45) is 5.92 Å². The number of hydrogen-bond acceptors (Lipinski definition) is 4. The minimum Gasteiger partial charge on any atom is -0.444 e. The van der Waals surface area contributed by atoms with Gasteiger partial charge in [0.15, 0.2) is 0 Å². The van der Waals surface area contributed by atoms with Crippen LogP contribution >= 0.6 is 27.5 Å². The summed E-state index contributed by atoms with van der Waals surface area (Å²) in [6.07, 6.45) is 3.01. The third-order valence-corrected chi connectivity index (χ3v) is 4.82. The summed E-state index contributed by atoms with van der Waals surface area (Å²) in [4.78, 5) is 17.9. The van der Waals surface area contributed by atoms with Crippen LogP contribution in [-0.4, -0.2) is 34.7 Å². The largest absolute Gasteiger partial charge is 0.444 e. The highest BCUT2D eigenvalue weighted by atomic mass is 79.9. The lowest BCUT2D eigenvalue weighted by Crippen LogP contribution is -2.42. The van der Waals surface area contributed by atoms with E-state index in [2.05, 4.69) is 32.8 Å². The Morgan fingerprint density at radius 3 is 2.92 bits per heavy atom. The minimum atomic E-state index is -0.499. The first-order valence-electron chi connectivity index (χ1n) is 7.76. The summed E-state index contributed by atoms with van der Waals surface area (Å²) in [5, 5.41) is 0.465. The molecule has 1 unspecified atom stereocenters. The predicted octanol–water partition coefficient (Wildman–Crippen LogP) is 4.08. The Labute approximate surface area is 156 Å². The first-order chi connectivity index (χ1) is 11.2. The molecule has 0 aliphatic carbocycles. The van der Waals surface area contributed by atoms with Crippen molar-refractivity contribution in [2.75, 3.05) is 18.8 Å². The zero-order valence-electron chi connectivity index (χ0n) is 14.0. The number of aromatic nitrogens is 1. The van der Waals surface area contributed by atoms with Gasteiger partial charge in [-0.25, -0.2) is 9.78 Å². The molecule has 0 saturated carbocycles. The van der Waals surface area contributed by atoms with Crippen molar-refractivity contribution >= 4 is 39.4 Å². The maximum absolute atomic E-state index is 12.2. The van der Waals surface area contributed by atoms with E-state index in [1.807, 2.05) is 20.8 Å². The highest BCUT2D eigenvalue weighted by Gasteiger charge is 2.26. The van der Waals surface area contributed by atoms with E-state index in [1.165, 1.54) is 6.20 Å². The van der Waals surface area contributed by atoms with Crippen LogP contribution in [0.3, 0.4) is 0 Å². The van der Waals surface area contributed by atoms with E-state index in [1.54, 1.807) is 4.90 Å². The highest BCUT2D eigenvalue weighted by Crippen LogP contribution is 2.28. The maximum Gasteiger partial charge on any atom is 0.410 e. The number of piperidine rings is 1. The first-order valence-corrected chi connectivity index (χ1v) is 8.93. The second-order valence-corrected chi connectivity index (χ2v) is 7.92. The van der Waals surface area contributed by atoms with E-state index in [-0.39, 0.29) is 12.0 Å². The zero-order valence-corrected chi connectivity index (χ0v) is 16.4. The minimum absolute atomic E-state index is 0.0662. The first kappa shape index (κ1) is 18.9. The smallest absolute Gasteiger partial charge is 0.410 e. The molecular formula is C17H21BrClN3O2. The molecule has 5 nitrogen and oxygen atoms in total. The average Bonchev–Trinajstić information content (AvgIpc) is 2.50. The van der Waals surface area contributed by atoms with E-state index in [9.17, 15) is 4.79 Å². The lowest BCUT2D eigenvalue weighted by atomic mass is 9.98. The average molecular weight is 415 g/mol. The van der Waals surface area contributed by atoms with Crippen molar-refractivity contribution < 1.29 is 9.53 Å². The Hall–Kier alpha value is -1.45. The van der Waals surface area contributed by atoms with Gasteiger partial charge in [-0.05, 0) is 49.5 Å². The number of ether oxygens (including phenoxy) is 1. The van der Waals surface area contributed by atoms with Crippen molar-refractivity contribution in [3.8, 4) is 11.8 Å². The van der Waals surface area contributed by atoms with Gasteiger partial charge in [0, 0.05) is 25.2 Å². The number of rotatable bonds is 0. The fraction of sp³-hybridized carbons (Fsp3) is 0.529. The number of anilines is 1. The molecule has 1 saturated heterocycles. The molecule has 2 heterocycles. The molecule has 2 rings (SSSR count). The summed E-state index contributed by atoms with van der Waals surface area (Å²) in [5.41, 5.74) is 5.95. The zero-order chi connectivity index (χ0) is 17.9. The van der Waals surface area contributed by atoms with E-state index < -0.39 is 5.60 Å².